The molecule has 3 rings (SSSR count). The van der Waals surface area contributed by atoms with E-state index in [1.807, 2.05) is 31.2 Å². The molecule has 1 unspecified atom stereocenters. The zero-order valence-electron chi connectivity index (χ0n) is 11.7. The number of pyridine rings is 1. The van der Waals surface area contributed by atoms with Gasteiger partial charge in [-0.1, -0.05) is 18.2 Å². The van der Waals surface area contributed by atoms with Gasteiger partial charge in [-0.05, 0) is 46.1 Å². The van der Waals surface area contributed by atoms with Gasteiger partial charge in [0.1, 0.15) is 5.82 Å². The first-order valence-electron chi connectivity index (χ1n) is 6.88. The van der Waals surface area contributed by atoms with E-state index in [-0.39, 0.29) is 11.8 Å². The van der Waals surface area contributed by atoms with Crippen LogP contribution in [0.25, 0.3) is 0 Å². The van der Waals surface area contributed by atoms with Crippen molar-refractivity contribution in [3.05, 3.63) is 52.1 Å². The van der Waals surface area contributed by atoms with E-state index in [2.05, 4.69) is 37.6 Å². The number of carbonyl (C=O) groups is 1. The molecule has 0 radical (unpaired) electrons. The average molecular weight is 346 g/mol. The number of aryl methyl sites for hydroxylation is 1. The van der Waals surface area contributed by atoms with Crippen molar-refractivity contribution in [2.24, 2.45) is 0 Å². The molecule has 0 aliphatic carbocycles. The first kappa shape index (κ1) is 14.1. The minimum absolute atomic E-state index is 0.00674. The van der Waals surface area contributed by atoms with Crippen LogP contribution < -0.4 is 10.6 Å². The van der Waals surface area contributed by atoms with Crippen molar-refractivity contribution < 1.29 is 4.79 Å². The van der Waals surface area contributed by atoms with Gasteiger partial charge in [-0.15, -0.1) is 0 Å². The van der Waals surface area contributed by atoms with E-state index in [0.717, 1.165) is 22.3 Å². The molecule has 108 valence electrons. The Balaban J connectivity index is 1.66. The maximum atomic E-state index is 12.2. The number of benzene rings is 1. The minimum atomic E-state index is -0.00674. The molecule has 0 saturated carbocycles. The Morgan fingerprint density at radius 3 is 3.10 bits per heavy atom. The molecule has 0 saturated heterocycles. The van der Waals surface area contributed by atoms with Crippen LogP contribution >= 0.6 is 15.9 Å². The highest BCUT2D eigenvalue weighted by Crippen LogP contribution is 2.33. The number of carbonyl (C=O) groups excluding carboxylic acids is 1. The lowest BCUT2D eigenvalue weighted by Gasteiger charge is -2.11. The fraction of sp³-hybridized carbons (Fsp3) is 0.250. The van der Waals surface area contributed by atoms with Crippen molar-refractivity contribution in [2.75, 3.05) is 17.2 Å². The zero-order chi connectivity index (χ0) is 14.8. The van der Waals surface area contributed by atoms with E-state index < -0.39 is 0 Å². The third-order valence-corrected chi connectivity index (χ3v) is 4.52. The second-order valence-electron chi connectivity index (χ2n) is 5.24. The standard InChI is InChI=1S/C16H16BrN3O/c1-10-6-15(19-9-13(10)17)20-16(21)7-11-8-18-14-5-3-2-4-12(11)14/h2-6,9,11,18H,7-8H2,1H3,(H,19,20,21). The monoisotopic (exact) mass is 345 g/mol. The number of hydrogen-bond acceptors (Lipinski definition) is 3. The SMILES string of the molecule is Cc1cc(NC(=O)CC2CNc3ccccc32)ncc1Br. The Labute approximate surface area is 132 Å². The first-order valence-corrected chi connectivity index (χ1v) is 7.67. The molecule has 2 heterocycles. The molecule has 1 aromatic heterocycles. The van der Waals surface area contributed by atoms with E-state index in [1.54, 1.807) is 6.20 Å². The third kappa shape index (κ3) is 3.08. The number of rotatable bonds is 3. The second kappa shape index (κ2) is 5.85. The molecular weight excluding hydrogens is 330 g/mol. The maximum absolute atomic E-state index is 12.2. The van der Waals surface area contributed by atoms with Gasteiger partial charge in [0, 0.05) is 35.2 Å². The van der Waals surface area contributed by atoms with Crippen molar-refractivity contribution in [2.45, 2.75) is 19.3 Å². The molecule has 21 heavy (non-hydrogen) atoms. The minimum Gasteiger partial charge on any atom is -0.384 e. The predicted octanol–water partition coefficient (Wildman–Crippen LogP) is 3.69. The highest BCUT2D eigenvalue weighted by atomic mass is 79.9. The third-order valence-electron chi connectivity index (χ3n) is 3.69. The number of amides is 1. The summed E-state index contributed by atoms with van der Waals surface area (Å²) in [6.45, 7) is 2.78. The molecular formula is C16H16BrN3O. The van der Waals surface area contributed by atoms with Crippen molar-refractivity contribution >= 4 is 33.3 Å². The van der Waals surface area contributed by atoms with E-state index in [0.29, 0.717) is 12.2 Å². The van der Waals surface area contributed by atoms with Crippen LogP contribution in [-0.4, -0.2) is 17.4 Å². The number of anilines is 2. The summed E-state index contributed by atoms with van der Waals surface area (Å²) >= 11 is 3.40. The molecule has 1 aliphatic heterocycles. The van der Waals surface area contributed by atoms with Gasteiger partial charge in [0.15, 0.2) is 0 Å². The summed E-state index contributed by atoms with van der Waals surface area (Å²) in [5.74, 6) is 0.811. The molecule has 1 aromatic carbocycles. The van der Waals surface area contributed by atoms with Crippen molar-refractivity contribution in [1.29, 1.82) is 0 Å². The molecule has 0 spiro atoms. The quantitative estimate of drug-likeness (QED) is 0.891. The van der Waals surface area contributed by atoms with Crippen LogP contribution in [0.15, 0.2) is 41.0 Å². The van der Waals surface area contributed by atoms with Gasteiger partial charge >= 0.3 is 0 Å². The Bertz CT molecular complexity index is 687. The maximum Gasteiger partial charge on any atom is 0.226 e. The Hall–Kier alpha value is -1.88. The van der Waals surface area contributed by atoms with Crippen LogP contribution in [-0.2, 0) is 4.79 Å². The predicted molar refractivity (Wildman–Crippen MR) is 87.6 cm³/mol. The summed E-state index contributed by atoms with van der Waals surface area (Å²) in [6.07, 6.45) is 2.16. The second-order valence-corrected chi connectivity index (χ2v) is 6.09. The molecule has 0 fully saturated rings. The van der Waals surface area contributed by atoms with Crippen LogP contribution in [0.4, 0.5) is 11.5 Å². The fourth-order valence-corrected chi connectivity index (χ4v) is 2.78. The molecule has 0 bridgehead atoms. The van der Waals surface area contributed by atoms with E-state index in [4.69, 9.17) is 0 Å². The van der Waals surface area contributed by atoms with Gasteiger partial charge in [-0.3, -0.25) is 4.79 Å². The molecule has 2 N–H and O–H groups in total. The molecule has 1 amide bonds. The Kier molecular flexibility index (Phi) is 3.92. The normalized spacial score (nSPS) is 16.2. The van der Waals surface area contributed by atoms with Crippen molar-refractivity contribution in [3.8, 4) is 0 Å². The molecule has 1 aliphatic rings. The van der Waals surface area contributed by atoms with Gasteiger partial charge in [0.2, 0.25) is 5.91 Å². The van der Waals surface area contributed by atoms with Crippen LogP contribution in [0.2, 0.25) is 0 Å². The van der Waals surface area contributed by atoms with Gasteiger partial charge < -0.3 is 10.6 Å². The summed E-state index contributed by atoms with van der Waals surface area (Å²) in [5, 5.41) is 6.20. The number of fused-ring (bicyclic) bond motifs is 1. The summed E-state index contributed by atoms with van der Waals surface area (Å²) in [6, 6.07) is 10.0. The van der Waals surface area contributed by atoms with E-state index in [9.17, 15) is 4.79 Å². The lowest BCUT2D eigenvalue weighted by Crippen LogP contribution is -2.17. The summed E-state index contributed by atoms with van der Waals surface area (Å²) < 4.78 is 0.939. The molecule has 2 aromatic rings. The fourth-order valence-electron chi connectivity index (χ4n) is 2.56. The summed E-state index contributed by atoms with van der Waals surface area (Å²) in [7, 11) is 0. The number of aromatic nitrogens is 1. The van der Waals surface area contributed by atoms with Gasteiger partial charge in [0.25, 0.3) is 0 Å². The Morgan fingerprint density at radius 1 is 1.48 bits per heavy atom. The molecule has 1 atom stereocenters. The lowest BCUT2D eigenvalue weighted by molar-refractivity contribution is -0.116. The van der Waals surface area contributed by atoms with E-state index in [1.165, 1.54) is 5.56 Å². The first-order chi connectivity index (χ1) is 10.1. The van der Waals surface area contributed by atoms with Gasteiger partial charge in [0.05, 0.1) is 0 Å². The largest absolute Gasteiger partial charge is 0.384 e. The molecule has 5 heteroatoms. The van der Waals surface area contributed by atoms with Crippen molar-refractivity contribution in [1.82, 2.24) is 4.98 Å². The summed E-state index contributed by atoms with van der Waals surface area (Å²) in [5.41, 5.74) is 3.40. The number of nitrogens with zero attached hydrogens (tertiary/aromatic N) is 1. The van der Waals surface area contributed by atoms with Crippen molar-refractivity contribution in [3.63, 3.8) is 0 Å². The summed E-state index contributed by atoms with van der Waals surface area (Å²) in [4.78, 5) is 16.4. The van der Waals surface area contributed by atoms with Gasteiger partial charge in [-0.25, -0.2) is 4.98 Å². The topological polar surface area (TPSA) is 54.0 Å². The highest BCUT2D eigenvalue weighted by molar-refractivity contribution is 9.10. The number of nitrogens with one attached hydrogen (secondary N) is 2. The van der Waals surface area contributed by atoms with Crippen LogP contribution in [0.1, 0.15) is 23.5 Å². The molecule has 4 nitrogen and oxygen atoms in total. The number of para-hydroxylation sites is 1. The van der Waals surface area contributed by atoms with Gasteiger partial charge in [-0.2, -0.15) is 0 Å². The van der Waals surface area contributed by atoms with Crippen LogP contribution in [0, 0.1) is 6.92 Å². The average Bonchev–Trinajstić information content (AvgIpc) is 2.86. The van der Waals surface area contributed by atoms with Crippen LogP contribution in [0.5, 0.6) is 0 Å². The highest BCUT2D eigenvalue weighted by Gasteiger charge is 2.24. The zero-order valence-corrected chi connectivity index (χ0v) is 13.3. The Morgan fingerprint density at radius 2 is 2.29 bits per heavy atom. The number of hydrogen-bond donors (Lipinski definition) is 2. The smallest absolute Gasteiger partial charge is 0.226 e. The van der Waals surface area contributed by atoms with Crippen LogP contribution in [0.3, 0.4) is 0 Å². The van der Waals surface area contributed by atoms with E-state index >= 15 is 0 Å². The number of halogens is 1. The lowest BCUT2D eigenvalue weighted by atomic mass is 9.97.